The number of hydrogen-bond acceptors (Lipinski definition) is 3. The van der Waals surface area contributed by atoms with Gasteiger partial charge in [-0.15, -0.1) is 0 Å². The third-order valence-corrected chi connectivity index (χ3v) is 5.67. The van der Waals surface area contributed by atoms with Gasteiger partial charge in [-0.2, -0.15) is 0 Å². The fourth-order valence-corrected chi connectivity index (χ4v) is 3.96. The van der Waals surface area contributed by atoms with Gasteiger partial charge < -0.3 is 5.32 Å². The molecule has 0 bridgehead atoms. The zero-order valence-corrected chi connectivity index (χ0v) is 19.0. The van der Waals surface area contributed by atoms with E-state index >= 15 is 0 Å². The third-order valence-electron chi connectivity index (χ3n) is 5.67. The minimum absolute atomic E-state index is 0.0237. The predicted molar refractivity (Wildman–Crippen MR) is 118 cm³/mol. The van der Waals surface area contributed by atoms with Crippen molar-refractivity contribution in [3.05, 3.63) is 12.3 Å². The molecule has 3 heteroatoms. The largest absolute Gasteiger partial charge is 0.386 e. The van der Waals surface area contributed by atoms with Crippen molar-refractivity contribution in [3.8, 4) is 0 Å². The van der Waals surface area contributed by atoms with E-state index in [0.717, 1.165) is 50.8 Å². The van der Waals surface area contributed by atoms with Gasteiger partial charge in [0.2, 0.25) is 0 Å². The number of hydrogen-bond donors (Lipinski definition) is 1. The number of allylic oxidation sites excluding steroid dienone is 1. The number of ketones is 1. The number of aliphatic imine (C=N–C) groups is 1. The molecule has 1 N–H and O–H groups in total. The second-order valence-electron chi connectivity index (χ2n) is 10.2. The van der Waals surface area contributed by atoms with Crippen molar-refractivity contribution < 1.29 is 4.79 Å². The molecule has 1 fully saturated rings. The molecule has 1 rings (SSSR count). The SMILES string of the molecule is C=C(CC(C)C)N[C@H](C)CCCCN=C1CCC(C)C(=O)C(C(C)(C)C)C1. The Kier molecular flexibility index (Phi) is 9.76. The highest BCUT2D eigenvalue weighted by atomic mass is 16.1. The Hall–Kier alpha value is -1.12. The molecule has 0 aromatic heterocycles. The molecule has 1 aliphatic rings. The molecule has 1 saturated carbocycles. The zero-order chi connectivity index (χ0) is 20.6. The van der Waals surface area contributed by atoms with Crippen LogP contribution in [0.25, 0.3) is 0 Å². The molecule has 0 aromatic carbocycles. The highest BCUT2D eigenvalue weighted by Crippen LogP contribution is 2.35. The normalized spacial score (nSPS) is 24.1. The number of unbranched alkanes of at least 4 members (excludes halogenated alkanes) is 1. The summed E-state index contributed by atoms with van der Waals surface area (Å²) in [6, 6.07) is 0.477. The van der Waals surface area contributed by atoms with Crippen LogP contribution in [0.4, 0.5) is 0 Å². The van der Waals surface area contributed by atoms with E-state index in [1.54, 1.807) is 0 Å². The Labute approximate surface area is 168 Å². The number of nitrogens with zero attached hydrogens (tertiary/aromatic N) is 1. The second-order valence-corrected chi connectivity index (χ2v) is 10.2. The molecule has 1 aliphatic carbocycles. The number of nitrogens with one attached hydrogen (secondary N) is 1. The van der Waals surface area contributed by atoms with Crippen molar-refractivity contribution in [1.82, 2.24) is 5.32 Å². The van der Waals surface area contributed by atoms with Gasteiger partial charge in [0.25, 0.3) is 0 Å². The van der Waals surface area contributed by atoms with Gasteiger partial charge in [0.15, 0.2) is 0 Å². The number of rotatable bonds is 9. The number of carbonyl (C=O) groups excluding carboxylic acids is 1. The van der Waals surface area contributed by atoms with Gasteiger partial charge in [-0.25, -0.2) is 0 Å². The Morgan fingerprint density at radius 1 is 1.26 bits per heavy atom. The molecule has 27 heavy (non-hydrogen) atoms. The summed E-state index contributed by atoms with van der Waals surface area (Å²) in [6.45, 7) is 20.4. The van der Waals surface area contributed by atoms with Crippen molar-refractivity contribution in [3.63, 3.8) is 0 Å². The Morgan fingerprint density at radius 2 is 1.93 bits per heavy atom. The monoisotopic (exact) mass is 376 g/mol. The molecule has 3 atom stereocenters. The van der Waals surface area contributed by atoms with Crippen LogP contribution in [-0.2, 0) is 4.79 Å². The quantitative estimate of drug-likeness (QED) is 0.385. The maximum atomic E-state index is 12.7. The summed E-state index contributed by atoms with van der Waals surface area (Å²) in [5.74, 6) is 1.38. The molecule has 0 saturated heterocycles. The van der Waals surface area contributed by atoms with Crippen LogP contribution < -0.4 is 5.32 Å². The first-order valence-corrected chi connectivity index (χ1v) is 11.0. The van der Waals surface area contributed by atoms with Gasteiger partial charge >= 0.3 is 0 Å². The Morgan fingerprint density at radius 3 is 2.52 bits per heavy atom. The molecular formula is C24H44N2O. The van der Waals surface area contributed by atoms with E-state index in [9.17, 15) is 4.79 Å². The van der Waals surface area contributed by atoms with Crippen molar-refractivity contribution in [2.24, 2.45) is 28.2 Å². The second kappa shape index (κ2) is 11.0. The minimum Gasteiger partial charge on any atom is -0.386 e. The first-order valence-electron chi connectivity index (χ1n) is 11.0. The molecule has 3 nitrogen and oxygen atoms in total. The maximum absolute atomic E-state index is 12.7. The van der Waals surface area contributed by atoms with Crippen molar-refractivity contribution >= 4 is 11.5 Å². The average Bonchev–Trinajstić information content (AvgIpc) is 2.66. The third kappa shape index (κ3) is 9.08. The molecule has 0 heterocycles. The molecule has 2 unspecified atom stereocenters. The molecule has 0 spiro atoms. The van der Waals surface area contributed by atoms with Gasteiger partial charge in [0.1, 0.15) is 5.78 Å². The summed E-state index contributed by atoms with van der Waals surface area (Å²) in [5, 5.41) is 3.52. The summed E-state index contributed by atoms with van der Waals surface area (Å²) in [5.41, 5.74) is 2.45. The number of carbonyl (C=O) groups is 1. The topological polar surface area (TPSA) is 41.5 Å². The highest BCUT2D eigenvalue weighted by molar-refractivity contribution is 5.94. The molecule has 0 aromatic rings. The lowest BCUT2D eigenvalue weighted by atomic mass is 9.74. The molecule has 156 valence electrons. The molecular weight excluding hydrogens is 332 g/mol. The van der Waals surface area contributed by atoms with E-state index in [1.165, 1.54) is 12.1 Å². The fraction of sp³-hybridized carbons (Fsp3) is 0.833. The summed E-state index contributed by atoms with van der Waals surface area (Å²) >= 11 is 0. The van der Waals surface area contributed by atoms with Gasteiger partial charge in [0, 0.05) is 35.8 Å². The minimum atomic E-state index is 0.0237. The molecule has 0 aliphatic heterocycles. The summed E-state index contributed by atoms with van der Waals surface area (Å²) in [7, 11) is 0. The van der Waals surface area contributed by atoms with Crippen LogP contribution in [0, 0.1) is 23.2 Å². The molecule has 0 amide bonds. The van der Waals surface area contributed by atoms with E-state index in [4.69, 9.17) is 4.99 Å². The summed E-state index contributed by atoms with van der Waals surface area (Å²) < 4.78 is 0. The zero-order valence-electron chi connectivity index (χ0n) is 19.0. The summed E-state index contributed by atoms with van der Waals surface area (Å²) in [4.78, 5) is 17.6. The standard InChI is InChI=1S/C24H44N2O/c1-17(2)15-20(5)26-19(4)11-9-10-14-25-21-13-12-18(3)23(27)22(16-21)24(6,7)8/h17-19,22,26H,5,9-16H2,1-4,6-8H3/t18?,19-,22?/m1/s1. The van der Waals surface area contributed by atoms with Gasteiger partial charge in [-0.05, 0) is 63.2 Å². The van der Waals surface area contributed by atoms with Crippen molar-refractivity contribution in [1.29, 1.82) is 0 Å². The Bertz CT molecular complexity index is 513. The van der Waals surface area contributed by atoms with Crippen LogP contribution in [0.2, 0.25) is 0 Å². The fourth-order valence-electron chi connectivity index (χ4n) is 3.96. The first kappa shape index (κ1) is 23.9. The highest BCUT2D eigenvalue weighted by Gasteiger charge is 2.36. The Balaban J connectivity index is 2.41. The lowest BCUT2D eigenvalue weighted by Gasteiger charge is -2.29. The van der Waals surface area contributed by atoms with E-state index in [1.807, 2.05) is 0 Å². The lowest BCUT2D eigenvalue weighted by Crippen LogP contribution is -2.32. The predicted octanol–water partition coefficient (Wildman–Crippen LogP) is 6.19. The van der Waals surface area contributed by atoms with Crippen LogP contribution in [0.15, 0.2) is 17.3 Å². The van der Waals surface area contributed by atoms with E-state index in [2.05, 4.69) is 60.4 Å². The van der Waals surface area contributed by atoms with Crippen LogP contribution in [0.1, 0.15) is 93.4 Å². The van der Waals surface area contributed by atoms with Gasteiger partial charge in [0.05, 0.1) is 0 Å². The van der Waals surface area contributed by atoms with Crippen LogP contribution in [0.3, 0.4) is 0 Å². The summed E-state index contributed by atoms with van der Waals surface area (Å²) in [6.07, 6.45) is 7.31. The maximum Gasteiger partial charge on any atom is 0.139 e. The van der Waals surface area contributed by atoms with Crippen molar-refractivity contribution in [2.45, 2.75) is 99.5 Å². The van der Waals surface area contributed by atoms with Gasteiger partial charge in [-0.1, -0.05) is 48.1 Å². The van der Waals surface area contributed by atoms with E-state index < -0.39 is 0 Å². The lowest BCUT2D eigenvalue weighted by molar-refractivity contribution is -0.129. The van der Waals surface area contributed by atoms with E-state index in [0.29, 0.717) is 17.7 Å². The molecule has 0 radical (unpaired) electrons. The first-order chi connectivity index (χ1) is 12.5. The van der Waals surface area contributed by atoms with Crippen LogP contribution in [-0.4, -0.2) is 24.1 Å². The van der Waals surface area contributed by atoms with Crippen molar-refractivity contribution in [2.75, 3.05) is 6.54 Å². The number of Topliss-reactive ketones (excluding diaryl/α,β-unsaturated/α-hetero) is 1. The van der Waals surface area contributed by atoms with Crippen LogP contribution in [0.5, 0.6) is 0 Å². The van der Waals surface area contributed by atoms with Gasteiger partial charge in [-0.3, -0.25) is 9.79 Å². The average molecular weight is 377 g/mol. The van der Waals surface area contributed by atoms with E-state index in [-0.39, 0.29) is 17.3 Å². The smallest absolute Gasteiger partial charge is 0.139 e. The van der Waals surface area contributed by atoms with Crippen LogP contribution >= 0.6 is 0 Å².